The van der Waals surface area contributed by atoms with Gasteiger partial charge in [0.1, 0.15) is 0 Å². The quantitative estimate of drug-likeness (QED) is 0.621. The highest BCUT2D eigenvalue weighted by Gasteiger charge is 2.35. The van der Waals surface area contributed by atoms with Crippen molar-refractivity contribution in [2.75, 3.05) is 26.7 Å². The van der Waals surface area contributed by atoms with Gasteiger partial charge in [0.05, 0.1) is 9.95 Å². The molecule has 0 aliphatic carbocycles. The fourth-order valence-corrected chi connectivity index (χ4v) is 4.80. The van der Waals surface area contributed by atoms with Crippen LogP contribution in [0.3, 0.4) is 0 Å². The van der Waals surface area contributed by atoms with Gasteiger partial charge in [-0.05, 0) is 38.4 Å². The van der Waals surface area contributed by atoms with E-state index >= 15 is 0 Å². The normalized spacial score (nSPS) is 16.8. The van der Waals surface area contributed by atoms with Crippen molar-refractivity contribution >= 4 is 39.7 Å². The van der Waals surface area contributed by atoms with Crippen LogP contribution < -0.4 is 5.32 Å². The number of piperidine rings is 1. The molecular weight excluding hydrogens is 365 g/mol. The van der Waals surface area contributed by atoms with Gasteiger partial charge in [0.15, 0.2) is 4.90 Å². The summed E-state index contributed by atoms with van der Waals surface area (Å²) in [6.45, 7) is 1.52. The van der Waals surface area contributed by atoms with Crippen LogP contribution in [0.5, 0.6) is 0 Å². The SMILES string of the molecule is CNCC1CCN(S(=O)(=O)c2c(Cl)cccc2[N+](=O)[O-])CC1.Cl. The molecule has 130 valence electrons. The Kier molecular flexibility index (Phi) is 7.22. The summed E-state index contributed by atoms with van der Waals surface area (Å²) in [5, 5.41) is 14.1. The molecule has 1 aliphatic heterocycles. The van der Waals surface area contributed by atoms with Gasteiger partial charge in [-0.2, -0.15) is 4.31 Å². The van der Waals surface area contributed by atoms with E-state index in [2.05, 4.69) is 5.32 Å². The number of rotatable bonds is 5. The number of nitrogens with zero attached hydrogens (tertiary/aromatic N) is 2. The van der Waals surface area contributed by atoms with Crippen LogP contribution in [0.25, 0.3) is 0 Å². The maximum atomic E-state index is 12.7. The van der Waals surface area contributed by atoms with Crippen molar-refractivity contribution in [3.05, 3.63) is 33.3 Å². The Labute approximate surface area is 146 Å². The van der Waals surface area contributed by atoms with E-state index in [4.69, 9.17) is 11.6 Å². The average Bonchev–Trinajstić information content (AvgIpc) is 2.47. The highest BCUT2D eigenvalue weighted by Crippen LogP contribution is 2.34. The molecule has 0 aromatic heterocycles. The molecular formula is C13H19Cl2N3O4S. The number of nitro groups is 1. The molecule has 1 aromatic rings. The van der Waals surface area contributed by atoms with Crippen molar-refractivity contribution in [2.24, 2.45) is 5.92 Å². The molecule has 2 rings (SSSR count). The van der Waals surface area contributed by atoms with Gasteiger partial charge in [0, 0.05) is 19.2 Å². The maximum absolute atomic E-state index is 12.7. The highest BCUT2D eigenvalue weighted by molar-refractivity contribution is 7.89. The van der Waals surface area contributed by atoms with Crippen molar-refractivity contribution in [3.63, 3.8) is 0 Å². The summed E-state index contributed by atoms with van der Waals surface area (Å²) in [6, 6.07) is 3.89. The summed E-state index contributed by atoms with van der Waals surface area (Å²) < 4.78 is 26.7. The van der Waals surface area contributed by atoms with Gasteiger partial charge < -0.3 is 5.32 Å². The Morgan fingerprint density at radius 2 is 2.00 bits per heavy atom. The molecule has 1 aromatic carbocycles. The summed E-state index contributed by atoms with van der Waals surface area (Å²) in [4.78, 5) is 9.97. The van der Waals surface area contributed by atoms with E-state index in [0.717, 1.165) is 25.5 Å². The smallest absolute Gasteiger partial charge is 0.290 e. The van der Waals surface area contributed by atoms with Gasteiger partial charge >= 0.3 is 0 Å². The second-order valence-electron chi connectivity index (χ2n) is 5.25. The predicted octanol–water partition coefficient (Wildman–Crippen LogP) is 2.29. The summed E-state index contributed by atoms with van der Waals surface area (Å²) in [7, 11) is -2.11. The molecule has 0 bridgehead atoms. The topological polar surface area (TPSA) is 92.6 Å². The zero-order chi connectivity index (χ0) is 16.3. The van der Waals surface area contributed by atoms with E-state index in [-0.39, 0.29) is 17.4 Å². The summed E-state index contributed by atoms with van der Waals surface area (Å²) in [6.07, 6.45) is 1.44. The Morgan fingerprint density at radius 1 is 1.39 bits per heavy atom. The van der Waals surface area contributed by atoms with E-state index in [0.29, 0.717) is 19.0 Å². The summed E-state index contributed by atoms with van der Waals surface area (Å²) in [5.41, 5.74) is -0.482. The van der Waals surface area contributed by atoms with Gasteiger partial charge in [-0.1, -0.05) is 17.7 Å². The number of benzene rings is 1. The molecule has 23 heavy (non-hydrogen) atoms. The van der Waals surface area contributed by atoms with E-state index in [1.165, 1.54) is 16.4 Å². The molecule has 0 amide bonds. The minimum Gasteiger partial charge on any atom is -0.319 e. The fourth-order valence-electron chi connectivity index (χ4n) is 2.67. The standard InChI is InChI=1S/C13H18ClN3O4S.ClH/c1-15-9-10-5-7-16(8-6-10)22(20,21)13-11(14)3-2-4-12(13)17(18)19;/h2-4,10,15H,5-9H2,1H3;1H. The molecule has 0 atom stereocenters. The monoisotopic (exact) mass is 383 g/mol. The van der Waals surface area contributed by atoms with Crippen LogP contribution >= 0.6 is 24.0 Å². The molecule has 0 spiro atoms. The van der Waals surface area contributed by atoms with Crippen molar-refractivity contribution in [2.45, 2.75) is 17.7 Å². The van der Waals surface area contributed by atoms with Gasteiger partial charge in [0.2, 0.25) is 0 Å². The minimum atomic E-state index is -3.97. The van der Waals surface area contributed by atoms with Gasteiger partial charge in [0.25, 0.3) is 15.7 Å². The molecule has 10 heteroatoms. The van der Waals surface area contributed by atoms with Crippen molar-refractivity contribution in [1.29, 1.82) is 0 Å². The van der Waals surface area contributed by atoms with Crippen molar-refractivity contribution in [3.8, 4) is 0 Å². The van der Waals surface area contributed by atoms with Crippen molar-refractivity contribution in [1.82, 2.24) is 9.62 Å². The molecule has 0 radical (unpaired) electrons. The zero-order valence-electron chi connectivity index (χ0n) is 12.6. The van der Waals surface area contributed by atoms with Crippen molar-refractivity contribution < 1.29 is 13.3 Å². The molecule has 1 heterocycles. The third-order valence-electron chi connectivity index (χ3n) is 3.81. The molecule has 0 unspecified atom stereocenters. The molecule has 7 nitrogen and oxygen atoms in total. The van der Waals surface area contributed by atoms with Crippen LogP contribution in [0.15, 0.2) is 23.1 Å². The highest BCUT2D eigenvalue weighted by atomic mass is 35.5. The lowest BCUT2D eigenvalue weighted by Crippen LogP contribution is -2.40. The number of hydrogen-bond donors (Lipinski definition) is 1. The first kappa shape index (κ1) is 20.1. The Bertz CT molecular complexity index is 661. The summed E-state index contributed by atoms with van der Waals surface area (Å²) in [5.74, 6) is 0.415. The first-order chi connectivity index (χ1) is 10.4. The second kappa shape index (κ2) is 8.25. The maximum Gasteiger partial charge on any atom is 0.290 e. The van der Waals surface area contributed by atoms with Gasteiger partial charge in [-0.25, -0.2) is 8.42 Å². The average molecular weight is 384 g/mol. The first-order valence-electron chi connectivity index (χ1n) is 6.95. The van der Waals surface area contributed by atoms with Crippen LogP contribution in [0.2, 0.25) is 5.02 Å². The molecule has 1 fully saturated rings. The number of nitrogens with one attached hydrogen (secondary N) is 1. The lowest BCUT2D eigenvalue weighted by molar-refractivity contribution is -0.387. The Balaban J connectivity index is 0.00000264. The van der Waals surface area contributed by atoms with Crippen LogP contribution in [0, 0.1) is 16.0 Å². The third kappa shape index (κ3) is 4.33. The van der Waals surface area contributed by atoms with E-state index in [1.54, 1.807) is 0 Å². The number of halogens is 2. The number of hydrogen-bond acceptors (Lipinski definition) is 5. The minimum absolute atomic E-state index is 0. The lowest BCUT2D eigenvalue weighted by atomic mass is 9.98. The largest absolute Gasteiger partial charge is 0.319 e. The van der Waals surface area contributed by atoms with Crippen LogP contribution in [0.4, 0.5) is 5.69 Å². The number of sulfonamides is 1. The predicted molar refractivity (Wildman–Crippen MR) is 90.8 cm³/mol. The van der Waals surface area contributed by atoms with Gasteiger partial charge in [-0.3, -0.25) is 10.1 Å². The zero-order valence-corrected chi connectivity index (χ0v) is 15.0. The second-order valence-corrected chi connectivity index (χ2v) is 7.53. The molecule has 0 saturated carbocycles. The molecule has 1 aliphatic rings. The number of nitro benzene ring substituents is 1. The molecule has 1 N–H and O–H groups in total. The lowest BCUT2D eigenvalue weighted by Gasteiger charge is -2.31. The molecule has 1 saturated heterocycles. The fraction of sp³-hybridized carbons (Fsp3) is 0.538. The first-order valence-corrected chi connectivity index (χ1v) is 8.77. The Morgan fingerprint density at radius 3 is 2.52 bits per heavy atom. The Hall–Kier alpha value is -0.930. The van der Waals surface area contributed by atoms with E-state index in [1.807, 2.05) is 7.05 Å². The van der Waals surface area contributed by atoms with E-state index < -0.39 is 25.5 Å². The van der Waals surface area contributed by atoms with E-state index in [9.17, 15) is 18.5 Å². The van der Waals surface area contributed by atoms with Crippen LogP contribution in [-0.2, 0) is 10.0 Å². The van der Waals surface area contributed by atoms with Gasteiger partial charge in [-0.15, -0.1) is 12.4 Å². The summed E-state index contributed by atoms with van der Waals surface area (Å²) >= 11 is 5.94. The third-order valence-corrected chi connectivity index (χ3v) is 6.22. The van der Waals surface area contributed by atoms with Crippen LogP contribution in [0.1, 0.15) is 12.8 Å². The van der Waals surface area contributed by atoms with Crippen LogP contribution in [-0.4, -0.2) is 44.3 Å².